The third kappa shape index (κ3) is 3.55. The largest absolute Gasteiger partial charge is 0.376 e. The summed E-state index contributed by atoms with van der Waals surface area (Å²) in [5.74, 6) is 0.00968. The summed E-state index contributed by atoms with van der Waals surface area (Å²) in [5, 5.41) is 2.98. The topological polar surface area (TPSA) is 64.3 Å². The lowest BCUT2D eigenvalue weighted by molar-refractivity contribution is -0.125. The molecule has 4 heteroatoms. The molecule has 3 N–H and O–H groups in total. The Balaban J connectivity index is 1.87. The summed E-state index contributed by atoms with van der Waals surface area (Å²) in [6.07, 6.45) is 1.29. The Morgan fingerprint density at radius 1 is 1.53 bits per heavy atom. The summed E-state index contributed by atoms with van der Waals surface area (Å²) in [4.78, 5) is 12.0. The van der Waals surface area contributed by atoms with Crippen LogP contribution in [0.15, 0.2) is 24.3 Å². The highest BCUT2D eigenvalue weighted by molar-refractivity contribution is 5.79. The van der Waals surface area contributed by atoms with Gasteiger partial charge < -0.3 is 15.8 Å². The fourth-order valence-electron chi connectivity index (χ4n) is 2.47. The molecular weight excluding hydrogens is 240 g/mol. The van der Waals surface area contributed by atoms with E-state index in [0.717, 1.165) is 17.5 Å². The molecule has 1 amide bonds. The van der Waals surface area contributed by atoms with Crippen LogP contribution in [0.2, 0.25) is 0 Å². The number of carbonyl (C=O) groups excluding carboxylic acids is 1. The van der Waals surface area contributed by atoms with Crippen molar-refractivity contribution in [1.29, 1.82) is 0 Å². The molecule has 19 heavy (non-hydrogen) atoms. The van der Waals surface area contributed by atoms with Gasteiger partial charge in [-0.25, -0.2) is 0 Å². The van der Waals surface area contributed by atoms with E-state index in [9.17, 15) is 4.79 Å². The summed E-state index contributed by atoms with van der Waals surface area (Å²) in [7, 11) is 0. The summed E-state index contributed by atoms with van der Waals surface area (Å²) in [5.41, 5.74) is 8.11. The van der Waals surface area contributed by atoms with E-state index in [4.69, 9.17) is 10.5 Å². The summed E-state index contributed by atoms with van der Waals surface area (Å²) in [6, 6.07) is 7.95. The van der Waals surface area contributed by atoms with Crippen molar-refractivity contribution in [3.8, 4) is 0 Å². The maximum Gasteiger partial charge on any atom is 0.224 e. The fraction of sp³-hybridized carbons (Fsp3) is 0.533. The number of rotatable bonds is 5. The van der Waals surface area contributed by atoms with E-state index >= 15 is 0 Å². The molecule has 3 atom stereocenters. The van der Waals surface area contributed by atoms with Crippen LogP contribution < -0.4 is 11.1 Å². The lowest BCUT2D eigenvalue weighted by Crippen LogP contribution is -2.64. The van der Waals surface area contributed by atoms with Gasteiger partial charge in [0.25, 0.3) is 0 Å². The van der Waals surface area contributed by atoms with Crippen molar-refractivity contribution in [2.75, 3.05) is 6.61 Å². The number of hydrogen-bond acceptors (Lipinski definition) is 3. The van der Waals surface area contributed by atoms with Gasteiger partial charge in [0.05, 0.1) is 18.6 Å². The highest BCUT2D eigenvalue weighted by Gasteiger charge is 2.40. The minimum atomic E-state index is -0.0442. The molecule has 1 aromatic rings. The zero-order valence-corrected chi connectivity index (χ0v) is 11.6. The molecule has 1 fully saturated rings. The Bertz CT molecular complexity index is 446. The third-order valence-corrected chi connectivity index (χ3v) is 3.52. The number of ether oxygens (including phenoxy) is 1. The van der Waals surface area contributed by atoms with Gasteiger partial charge in [0.2, 0.25) is 5.91 Å². The smallest absolute Gasteiger partial charge is 0.224 e. The molecule has 1 aliphatic carbocycles. The standard InChI is InChI=1S/C15H22N2O2/c1-3-19-13-9-12(16)15(13)17-14(18)8-11-6-4-5-10(2)7-11/h4-7,12-13,15H,3,8-9,16H2,1-2H3,(H,17,18). The second-order valence-corrected chi connectivity index (χ2v) is 5.15. The Kier molecular flexibility index (Phi) is 4.56. The van der Waals surface area contributed by atoms with Crippen LogP contribution >= 0.6 is 0 Å². The van der Waals surface area contributed by atoms with Gasteiger partial charge in [0.1, 0.15) is 0 Å². The number of nitrogens with two attached hydrogens (primary N) is 1. The monoisotopic (exact) mass is 262 g/mol. The summed E-state index contributed by atoms with van der Waals surface area (Å²) in [6.45, 7) is 4.63. The van der Waals surface area contributed by atoms with Gasteiger partial charge in [-0.05, 0) is 25.8 Å². The molecule has 1 aliphatic rings. The number of hydrogen-bond donors (Lipinski definition) is 2. The zero-order valence-electron chi connectivity index (χ0n) is 11.6. The fourth-order valence-corrected chi connectivity index (χ4v) is 2.47. The first-order chi connectivity index (χ1) is 9.10. The van der Waals surface area contributed by atoms with Crippen molar-refractivity contribution in [3.63, 3.8) is 0 Å². The van der Waals surface area contributed by atoms with Crippen LogP contribution in [0.4, 0.5) is 0 Å². The molecule has 0 radical (unpaired) electrons. The quantitative estimate of drug-likeness (QED) is 0.837. The van der Waals surface area contributed by atoms with Gasteiger partial charge in [0, 0.05) is 12.6 Å². The van der Waals surface area contributed by atoms with E-state index in [1.165, 1.54) is 0 Å². The molecule has 0 bridgehead atoms. The van der Waals surface area contributed by atoms with Crippen LogP contribution in [-0.2, 0) is 16.0 Å². The van der Waals surface area contributed by atoms with Crippen molar-refractivity contribution in [2.24, 2.45) is 5.73 Å². The predicted octanol–water partition coefficient (Wildman–Crippen LogP) is 1.16. The first-order valence-electron chi connectivity index (χ1n) is 6.82. The van der Waals surface area contributed by atoms with Gasteiger partial charge in [0.15, 0.2) is 0 Å². The second-order valence-electron chi connectivity index (χ2n) is 5.15. The van der Waals surface area contributed by atoms with Gasteiger partial charge >= 0.3 is 0 Å². The highest BCUT2D eigenvalue weighted by Crippen LogP contribution is 2.22. The minimum absolute atomic E-state index is 0.00968. The number of aryl methyl sites for hydroxylation is 1. The van der Waals surface area contributed by atoms with Crippen molar-refractivity contribution >= 4 is 5.91 Å². The SMILES string of the molecule is CCOC1CC(N)C1NC(=O)Cc1cccc(C)c1. The lowest BCUT2D eigenvalue weighted by Gasteiger charge is -2.42. The Hall–Kier alpha value is -1.39. The lowest BCUT2D eigenvalue weighted by atomic mass is 9.83. The van der Waals surface area contributed by atoms with E-state index in [0.29, 0.717) is 13.0 Å². The molecule has 0 saturated heterocycles. The van der Waals surface area contributed by atoms with Crippen LogP contribution in [0.3, 0.4) is 0 Å². The highest BCUT2D eigenvalue weighted by atomic mass is 16.5. The van der Waals surface area contributed by atoms with Crippen molar-refractivity contribution < 1.29 is 9.53 Å². The molecule has 4 nitrogen and oxygen atoms in total. The van der Waals surface area contributed by atoms with E-state index in [1.807, 2.05) is 38.1 Å². The minimum Gasteiger partial charge on any atom is -0.376 e. The van der Waals surface area contributed by atoms with Crippen LogP contribution in [0.25, 0.3) is 0 Å². The molecule has 0 heterocycles. The third-order valence-electron chi connectivity index (χ3n) is 3.52. The van der Waals surface area contributed by atoms with Gasteiger partial charge in [-0.15, -0.1) is 0 Å². The molecular formula is C15H22N2O2. The molecule has 3 unspecified atom stereocenters. The Morgan fingerprint density at radius 3 is 2.95 bits per heavy atom. The van der Waals surface area contributed by atoms with Crippen molar-refractivity contribution in [1.82, 2.24) is 5.32 Å². The van der Waals surface area contributed by atoms with E-state index in [2.05, 4.69) is 5.32 Å². The average molecular weight is 262 g/mol. The van der Waals surface area contributed by atoms with Gasteiger partial charge in [-0.2, -0.15) is 0 Å². The van der Waals surface area contributed by atoms with Crippen LogP contribution in [0.5, 0.6) is 0 Å². The molecule has 1 saturated carbocycles. The Morgan fingerprint density at radius 2 is 2.32 bits per heavy atom. The van der Waals surface area contributed by atoms with Crippen molar-refractivity contribution in [3.05, 3.63) is 35.4 Å². The van der Waals surface area contributed by atoms with E-state index < -0.39 is 0 Å². The predicted molar refractivity (Wildman–Crippen MR) is 74.8 cm³/mol. The molecule has 0 spiro atoms. The first-order valence-corrected chi connectivity index (χ1v) is 6.82. The summed E-state index contributed by atoms with van der Waals surface area (Å²) < 4.78 is 5.54. The number of benzene rings is 1. The average Bonchev–Trinajstić information content (AvgIpc) is 2.36. The Labute approximate surface area is 114 Å². The van der Waals surface area contributed by atoms with E-state index in [-0.39, 0.29) is 24.1 Å². The van der Waals surface area contributed by atoms with Crippen molar-refractivity contribution in [2.45, 2.75) is 44.9 Å². The van der Waals surface area contributed by atoms with Crippen LogP contribution in [0.1, 0.15) is 24.5 Å². The maximum atomic E-state index is 12.0. The zero-order chi connectivity index (χ0) is 13.8. The normalized spacial score (nSPS) is 25.7. The van der Waals surface area contributed by atoms with E-state index in [1.54, 1.807) is 0 Å². The molecule has 0 aromatic heterocycles. The molecule has 0 aliphatic heterocycles. The van der Waals surface area contributed by atoms with Gasteiger partial charge in [-0.1, -0.05) is 29.8 Å². The summed E-state index contributed by atoms with van der Waals surface area (Å²) >= 11 is 0. The van der Waals surface area contributed by atoms with Gasteiger partial charge in [-0.3, -0.25) is 4.79 Å². The first kappa shape index (κ1) is 14.0. The molecule has 2 rings (SSSR count). The van der Waals surface area contributed by atoms with Crippen LogP contribution in [-0.4, -0.2) is 30.7 Å². The number of amides is 1. The molecule has 1 aromatic carbocycles. The maximum absolute atomic E-state index is 12.0. The number of nitrogens with one attached hydrogen (secondary N) is 1. The van der Waals surface area contributed by atoms with Crippen LogP contribution in [0, 0.1) is 6.92 Å². The second kappa shape index (κ2) is 6.17. The molecule has 104 valence electrons. The number of carbonyl (C=O) groups is 1.